The van der Waals surface area contributed by atoms with Gasteiger partial charge in [0, 0.05) is 7.05 Å². The largest absolute Gasteiger partial charge is 0.394 e. The Balaban J connectivity index is 2.17. The summed E-state index contributed by atoms with van der Waals surface area (Å²) < 4.78 is 5.32. The first-order chi connectivity index (χ1) is 9.06. The van der Waals surface area contributed by atoms with Crippen LogP contribution in [0.1, 0.15) is 0 Å². The van der Waals surface area contributed by atoms with Gasteiger partial charge in [-0.2, -0.15) is 4.98 Å². The topological polar surface area (TPSA) is 128 Å². The fourth-order valence-electron chi connectivity index (χ4n) is 1.89. The molecule has 9 nitrogen and oxygen atoms in total. The number of nitrogens with two attached hydrogens (primary N) is 1. The second-order valence-electron chi connectivity index (χ2n) is 4.29. The summed E-state index contributed by atoms with van der Waals surface area (Å²) in [6, 6.07) is 0. The predicted molar refractivity (Wildman–Crippen MR) is 68.9 cm³/mol. The zero-order valence-electron chi connectivity index (χ0n) is 10.5. The zero-order chi connectivity index (χ0) is 14.0. The molecule has 1 aromatic heterocycles. The summed E-state index contributed by atoms with van der Waals surface area (Å²) in [7, 11) is 1.75. The molecule has 9 heteroatoms. The van der Waals surface area contributed by atoms with Crippen LogP contribution in [0.4, 0.5) is 17.5 Å². The van der Waals surface area contributed by atoms with Crippen LogP contribution in [0.5, 0.6) is 0 Å². The second-order valence-corrected chi connectivity index (χ2v) is 4.29. The molecule has 1 aromatic rings. The molecular formula is C10H17N5O4. The van der Waals surface area contributed by atoms with Crippen molar-refractivity contribution in [3.05, 3.63) is 10.4 Å². The number of fused-ring (bicyclic) bond motifs is 1. The number of aromatic amines is 1. The molecule has 0 atom stereocenters. The highest BCUT2D eigenvalue weighted by Crippen LogP contribution is 2.29. The zero-order valence-corrected chi connectivity index (χ0v) is 10.5. The first kappa shape index (κ1) is 13.6. The van der Waals surface area contributed by atoms with E-state index in [4.69, 9.17) is 20.7 Å². The number of anilines is 3. The molecule has 0 bridgehead atoms. The van der Waals surface area contributed by atoms with Gasteiger partial charge in [-0.3, -0.25) is 9.78 Å². The van der Waals surface area contributed by atoms with Crippen molar-refractivity contribution >= 4 is 17.5 Å². The van der Waals surface area contributed by atoms with Gasteiger partial charge >= 0.3 is 0 Å². The summed E-state index contributed by atoms with van der Waals surface area (Å²) in [5.74, 6) is 0.461. The molecule has 106 valence electrons. The molecule has 5 N–H and O–H groups in total. The van der Waals surface area contributed by atoms with E-state index in [0.717, 1.165) is 0 Å². The maximum atomic E-state index is 11.8. The quantitative estimate of drug-likeness (QED) is 0.479. The van der Waals surface area contributed by atoms with Gasteiger partial charge in [0.25, 0.3) is 5.56 Å². The molecule has 19 heavy (non-hydrogen) atoms. The monoisotopic (exact) mass is 271 g/mol. The van der Waals surface area contributed by atoms with Crippen LogP contribution in [0.15, 0.2) is 4.79 Å². The number of hydrogen-bond donors (Lipinski definition) is 4. The summed E-state index contributed by atoms with van der Waals surface area (Å²) in [6.45, 7) is -0.0482. The Morgan fingerprint density at radius 1 is 1.53 bits per heavy atom. The Morgan fingerprint density at radius 2 is 2.21 bits per heavy atom. The van der Waals surface area contributed by atoms with Crippen LogP contribution in [0.25, 0.3) is 0 Å². The van der Waals surface area contributed by atoms with E-state index in [9.17, 15) is 4.79 Å². The van der Waals surface area contributed by atoms with Crippen LogP contribution < -0.4 is 21.1 Å². The van der Waals surface area contributed by atoms with Gasteiger partial charge in [-0.15, -0.1) is 0 Å². The van der Waals surface area contributed by atoms with Crippen molar-refractivity contribution in [3.63, 3.8) is 0 Å². The third-order valence-electron chi connectivity index (χ3n) is 2.83. The van der Waals surface area contributed by atoms with Crippen LogP contribution in [0, 0.1) is 0 Å². The Kier molecular flexibility index (Phi) is 3.88. The van der Waals surface area contributed by atoms with Gasteiger partial charge in [0.1, 0.15) is 18.5 Å². The van der Waals surface area contributed by atoms with Crippen molar-refractivity contribution in [3.8, 4) is 0 Å². The second kappa shape index (κ2) is 5.43. The van der Waals surface area contributed by atoms with Crippen LogP contribution in [0.2, 0.25) is 0 Å². The summed E-state index contributed by atoms with van der Waals surface area (Å²) >= 11 is 0. The lowest BCUT2D eigenvalue weighted by Gasteiger charge is -2.21. The molecule has 2 rings (SSSR count). The first-order valence-electron chi connectivity index (χ1n) is 5.76. The van der Waals surface area contributed by atoms with E-state index in [1.807, 2.05) is 0 Å². The number of hydrogen-bond acceptors (Lipinski definition) is 8. The number of nitrogens with one attached hydrogen (secondary N) is 1. The van der Waals surface area contributed by atoms with Gasteiger partial charge in [0.2, 0.25) is 5.95 Å². The normalized spacial score (nSPS) is 14.3. The van der Waals surface area contributed by atoms with Crippen molar-refractivity contribution in [1.29, 1.82) is 0 Å². The molecular weight excluding hydrogens is 254 g/mol. The number of rotatable bonds is 5. The smallest absolute Gasteiger partial charge is 0.278 e. The molecule has 0 spiro atoms. The molecule has 0 fully saturated rings. The lowest BCUT2D eigenvalue weighted by Crippen LogP contribution is -2.34. The van der Waals surface area contributed by atoms with E-state index >= 15 is 0 Å². The highest BCUT2D eigenvalue weighted by molar-refractivity contribution is 5.71. The fourth-order valence-corrected chi connectivity index (χ4v) is 1.89. The molecule has 1 aliphatic heterocycles. The number of aliphatic hydroxyl groups is 2. The molecule has 0 aliphatic carbocycles. The molecule has 2 heterocycles. The van der Waals surface area contributed by atoms with Crippen molar-refractivity contribution in [2.24, 2.45) is 0 Å². The van der Waals surface area contributed by atoms with Crippen LogP contribution in [-0.4, -0.2) is 59.9 Å². The van der Waals surface area contributed by atoms with Gasteiger partial charge < -0.3 is 30.5 Å². The minimum atomic E-state index is -0.659. The summed E-state index contributed by atoms with van der Waals surface area (Å²) in [4.78, 5) is 21.7. The SMILES string of the molecule is CN1CN(COC(CO)CO)c2nc(N)[nH]c(=O)c21. The Labute approximate surface area is 109 Å². The summed E-state index contributed by atoms with van der Waals surface area (Å²) in [6.07, 6.45) is -0.659. The van der Waals surface area contributed by atoms with E-state index in [1.54, 1.807) is 16.8 Å². The summed E-state index contributed by atoms with van der Waals surface area (Å²) in [5.41, 5.74) is 5.62. The minimum absolute atomic E-state index is 0.0323. The van der Waals surface area contributed by atoms with E-state index in [1.165, 1.54) is 0 Å². The van der Waals surface area contributed by atoms with Gasteiger partial charge in [-0.05, 0) is 0 Å². The van der Waals surface area contributed by atoms with E-state index in [-0.39, 0.29) is 31.5 Å². The number of nitrogen functional groups attached to an aromatic ring is 1. The number of aliphatic hydroxyl groups excluding tert-OH is 2. The third kappa shape index (κ3) is 2.62. The summed E-state index contributed by atoms with van der Waals surface area (Å²) in [5, 5.41) is 17.9. The van der Waals surface area contributed by atoms with Crippen molar-refractivity contribution in [2.45, 2.75) is 6.10 Å². The molecule has 0 amide bonds. The molecule has 0 unspecified atom stereocenters. The predicted octanol–water partition coefficient (Wildman–Crippen LogP) is -2.11. The lowest BCUT2D eigenvalue weighted by atomic mass is 10.4. The number of H-pyrrole nitrogens is 1. The maximum absolute atomic E-state index is 11.8. The molecule has 0 radical (unpaired) electrons. The average molecular weight is 271 g/mol. The average Bonchev–Trinajstić information content (AvgIpc) is 2.67. The molecule has 1 aliphatic rings. The molecule has 0 aromatic carbocycles. The van der Waals surface area contributed by atoms with Crippen molar-refractivity contribution < 1.29 is 14.9 Å². The third-order valence-corrected chi connectivity index (χ3v) is 2.83. The van der Waals surface area contributed by atoms with E-state index < -0.39 is 6.10 Å². The highest BCUT2D eigenvalue weighted by Gasteiger charge is 2.28. The Hall–Kier alpha value is -1.84. The maximum Gasteiger partial charge on any atom is 0.278 e. The number of ether oxygens (including phenoxy) is 1. The van der Waals surface area contributed by atoms with E-state index in [0.29, 0.717) is 18.2 Å². The Bertz CT molecular complexity index is 501. The van der Waals surface area contributed by atoms with E-state index in [2.05, 4.69) is 9.97 Å². The van der Waals surface area contributed by atoms with Crippen LogP contribution in [0.3, 0.4) is 0 Å². The standard InChI is InChI=1S/C10H17N5O4/c1-14-4-15(5-19-6(2-16)3-17)8-7(14)9(18)13-10(11)12-8/h6,16-17H,2-5H2,1H3,(H3,11,12,13,18). The Morgan fingerprint density at radius 3 is 2.84 bits per heavy atom. The van der Waals surface area contributed by atoms with Crippen LogP contribution >= 0.6 is 0 Å². The first-order valence-corrected chi connectivity index (χ1v) is 5.76. The van der Waals surface area contributed by atoms with Gasteiger partial charge in [-0.1, -0.05) is 0 Å². The van der Waals surface area contributed by atoms with Crippen molar-refractivity contribution in [2.75, 3.05) is 49.2 Å². The number of aromatic nitrogens is 2. The van der Waals surface area contributed by atoms with Crippen LogP contribution in [-0.2, 0) is 4.74 Å². The molecule has 0 saturated carbocycles. The lowest BCUT2D eigenvalue weighted by molar-refractivity contribution is -0.0188. The fraction of sp³-hybridized carbons (Fsp3) is 0.600. The van der Waals surface area contributed by atoms with Gasteiger partial charge in [0.05, 0.1) is 19.9 Å². The van der Waals surface area contributed by atoms with Gasteiger partial charge in [-0.25, -0.2) is 0 Å². The molecule has 0 saturated heterocycles. The van der Waals surface area contributed by atoms with Gasteiger partial charge in [0.15, 0.2) is 5.82 Å². The minimum Gasteiger partial charge on any atom is -0.394 e. The number of nitrogens with zero attached hydrogens (tertiary/aromatic N) is 3. The van der Waals surface area contributed by atoms with Crippen molar-refractivity contribution in [1.82, 2.24) is 9.97 Å². The highest BCUT2D eigenvalue weighted by atomic mass is 16.5.